The fraction of sp³-hybridized carbons (Fsp3) is 0.263. The van der Waals surface area contributed by atoms with Gasteiger partial charge in [-0.15, -0.1) is 0 Å². The first-order valence-electron chi connectivity index (χ1n) is 7.96. The van der Waals surface area contributed by atoms with Crippen LogP contribution in [0, 0.1) is 17.1 Å². The Balaban J connectivity index is 2.09. The minimum absolute atomic E-state index is 0.117. The van der Waals surface area contributed by atoms with Crippen LogP contribution in [0.15, 0.2) is 42.5 Å². The van der Waals surface area contributed by atoms with Crippen LogP contribution in [0.2, 0.25) is 10.0 Å². The number of carbonyl (C=O) groups is 1. The molecule has 136 valence electrons. The van der Waals surface area contributed by atoms with Gasteiger partial charge >= 0.3 is 0 Å². The average molecular weight is 394 g/mol. The molecule has 0 aromatic heterocycles. The molecule has 0 bridgehead atoms. The molecule has 2 aromatic carbocycles. The number of benzene rings is 2. The van der Waals surface area contributed by atoms with Gasteiger partial charge < -0.3 is 4.90 Å². The van der Waals surface area contributed by atoms with Crippen LogP contribution in [0.3, 0.4) is 0 Å². The molecule has 1 amide bonds. The fourth-order valence-corrected chi connectivity index (χ4v) is 2.89. The third-order valence-electron chi connectivity index (χ3n) is 3.76. The monoisotopic (exact) mass is 393 g/mol. The predicted octanol–water partition coefficient (Wildman–Crippen LogP) is 4.51. The zero-order valence-corrected chi connectivity index (χ0v) is 15.8. The number of anilines is 1. The third-order valence-corrected chi connectivity index (χ3v) is 4.62. The summed E-state index contributed by atoms with van der Waals surface area (Å²) in [5.74, 6) is -0.568. The van der Waals surface area contributed by atoms with Crippen molar-refractivity contribution in [3.63, 3.8) is 0 Å². The first kappa shape index (κ1) is 20.2. The summed E-state index contributed by atoms with van der Waals surface area (Å²) in [7, 11) is 1.79. The minimum Gasteiger partial charge on any atom is -0.310 e. The predicted molar refractivity (Wildman–Crippen MR) is 102 cm³/mol. The van der Waals surface area contributed by atoms with Crippen molar-refractivity contribution in [1.82, 2.24) is 4.90 Å². The molecule has 0 aliphatic carbocycles. The van der Waals surface area contributed by atoms with E-state index in [2.05, 4.69) is 0 Å². The molecule has 0 saturated heterocycles. The van der Waals surface area contributed by atoms with Crippen molar-refractivity contribution >= 4 is 34.8 Å². The third kappa shape index (κ3) is 5.43. The maximum absolute atomic E-state index is 13.1. The van der Waals surface area contributed by atoms with Crippen LogP contribution in [0.4, 0.5) is 10.1 Å². The van der Waals surface area contributed by atoms with Crippen molar-refractivity contribution in [1.29, 1.82) is 5.26 Å². The second kappa shape index (κ2) is 9.54. The number of halogens is 3. The Labute approximate surface area is 162 Å². The lowest BCUT2D eigenvalue weighted by Crippen LogP contribution is -2.39. The molecule has 0 radical (unpaired) electrons. The van der Waals surface area contributed by atoms with E-state index in [0.717, 1.165) is 5.56 Å². The zero-order chi connectivity index (χ0) is 19.1. The van der Waals surface area contributed by atoms with Crippen molar-refractivity contribution in [2.24, 2.45) is 0 Å². The maximum atomic E-state index is 13.1. The molecule has 0 atom stereocenters. The molecular weight excluding hydrogens is 376 g/mol. The molecule has 0 fully saturated rings. The number of nitriles is 1. The number of amides is 1. The van der Waals surface area contributed by atoms with Crippen molar-refractivity contribution in [2.45, 2.75) is 13.0 Å². The quantitative estimate of drug-likeness (QED) is 0.694. The molecule has 7 heteroatoms. The molecular formula is C19H18Cl2FN3O. The summed E-state index contributed by atoms with van der Waals surface area (Å²) in [5.41, 5.74) is 1.38. The van der Waals surface area contributed by atoms with Crippen LogP contribution in [-0.4, -0.2) is 30.9 Å². The molecule has 26 heavy (non-hydrogen) atoms. The SMILES string of the molecule is CN(CC(=O)N(CCC#N)c1ccc(F)cc1)Cc1cccc(Cl)c1Cl. The van der Waals surface area contributed by atoms with Crippen molar-refractivity contribution < 1.29 is 9.18 Å². The van der Waals surface area contributed by atoms with E-state index in [1.807, 2.05) is 17.0 Å². The van der Waals surface area contributed by atoms with E-state index in [1.165, 1.54) is 29.2 Å². The van der Waals surface area contributed by atoms with Crippen LogP contribution in [0.1, 0.15) is 12.0 Å². The first-order valence-corrected chi connectivity index (χ1v) is 8.72. The Morgan fingerprint density at radius 1 is 1.19 bits per heavy atom. The van der Waals surface area contributed by atoms with Gasteiger partial charge in [0.05, 0.1) is 29.1 Å². The Hall–Kier alpha value is -2.13. The van der Waals surface area contributed by atoms with Crippen LogP contribution in [-0.2, 0) is 11.3 Å². The normalized spacial score (nSPS) is 10.6. The lowest BCUT2D eigenvalue weighted by atomic mass is 10.2. The zero-order valence-electron chi connectivity index (χ0n) is 14.3. The van der Waals surface area contributed by atoms with Gasteiger partial charge in [0.1, 0.15) is 5.82 Å². The van der Waals surface area contributed by atoms with Gasteiger partial charge in [0.2, 0.25) is 5.91 Å². The van der Waals surface area contributed by atoms with Crippen LogP contribution in [0.5, 0.6) is 0 Å². The van der Waals surface area contributed by atoms with Gasteiger partial charge in [-0.1, -0.05) is 35.3 Å². The van der Waals surface area contributed by atoms with Crippen LogP contribution >= 0.6 is 23.2 Å². The van der Waals surface area contributed by atoms with E-state index in [9.17, 15) is 9.18 Å². The van der Waals surface area contributed by atoms with Gasteiger partial charge in [-0.25, -0.2) is 4.39 Å². The standard InChI is InChI=1S/C19H18Cl2FN3O/c1-24(12-14-4-2-5-17(20)19(14)21)13-18(26)25(11-3-10-23)16-8-6-15(22)7-9-16/h2,4-9H,3,11-13H2,1H3. The summed E-state index contributed by atoms with van der Waals surface area (Å²) in [6, 6.07) is 13.0. The first-order chi connectivity index (χ1) is 12.4. The maximum Gasteiger partial charge on any atom is 0.241 e. The van der Waals surface area contributed by atoms with E-state index in [4.69, 9.17) is 28.5 Å². The second-order valence-corrected chi connectivity index (χ2v) is 6.60. The van der Waals surface area contributed by atoms with Gasteiger partial charge in [-0.05, 0) is 42.9 Å². The molecule has 0 unspecified atom stereocenters. The Morgan fingerprint density at radius 3 is 2.54 bits per heavy atom. The number of likely N-dealkylation sites (N-methyl/N-ethyl adjacent to an activating group) is 1. The number of rotatable bonds is 7. The molecule has 0 heterocycles. The largest absolute Gasteiger partial charge is 0.310 e. The summed E-state index contributed by atoms with van der Waals surface area (Å²) in [6.45, 7) is 0.805. The van der Waals surface area contributed by atoms with E-state index in [1.54, 1.807) is 19.2 Å². The van der Waals surface area contributed by atoms with Gasteiger partial charge in [0, 0.05) is 18.8 Å². The molecule has 0 saturated carbocycles. The van der Waals surface area contributed by atoms with Gasteiger partial charge in [-0.2, -0.15) is 5.26 Å². The van der Waals surface area contributed by atoms with Crippen molar-refractivity contribution in [2.75, 3.05) is 25.0 Å². The summed E-state index contributed by atoms with van der Waals surface area (Å²) >= 11 is 12.2. The van der Waals surface area contributed by atoms with E-state index >= 15 is 0 Å². The number of hydrogen-bond acceptors (Lipinski definition) is 3. The fourth-order valence-electron chi connectivity index (χ4n) is 2.51. The molecule has 2 rings (SSSR count). The van der Waals surface area contributed by atoms with E-state index < -0.39 is 0 Å². The Bertz CT molecular complexity index is 805. The minimum atomic E-state index is -0.380. The lowest BCUT2D eigenvalue weighted by molar-refractivity contribution is -0.119. The van der Waals surface area contributed by atoms with Crippen molar-refractivity contribution in [3.8, 4) is 6.07 Å². The highest BCUT2D eigenvalue weighted by atomic mass is 35.5. The van der Waals surface area contributed by atoms with Crippen LogP contribution in [0.25, 0.3) is 0 Å². The second-order valence-electron chi connectivity index (χ2n) is 5.82. The molecule has 0 aliphatic rings. The van der Waals surface area contributed by atoms with Crippen LogP contribution < -0.4 is 4.90 Å². The van der Waals surface area contributed by atoms with Gasteiger partial charge in [0.15, 0.2) is 0 Å². The van der Waals surface area contributed by atoms with Gasteiger partial charge in [0.25, 0.3) is 0 Å². The average Bonchev–Trinajstić information content (AvgIpc) is 2.60. The molecule has 0 N–H and O–H groups in total. The number of carbonyl (C=O) groups excluding carboxylic acids is 1. The lowest BCUT2D eigenvalue weighted by Gasteiger charge is -2.25. The van der Waals surface area contributed by atoms with Gasteiger partial charge in [-0.3, -0.25) is 9.69 Å². The molecule has 0 spiro atoms. The number of nitrogens with zero attached hydrogens (tertiary/aromatic N) is 3. The summed E-state index contributed by atoms with van der Waals surface area (Å²) < 4.78 is 13.1. The molecule has 4 nitrogen and oxygen atoms in total. The van der Waals surface area contributed by atoms with Crippen molar-refractivity contribution in [3.05, 3.63) is 63.9 Å². The van der Waals surface area contributed by atoms with E-state index in [0.29, 0.717) is 22.3 Å². The Kier molecular flexibility index (Phi) is 7.40. The van der Waals surface area contributed by atoms with E-state index in [-0.39, 0.29) is 31.2 Å². The topological polar surface area (TPSA) is 47.3 Å². The summed E-state index contributed by atoms with van der Waals surface area (Å²) in [4.78, 5) is 16.0. The summed E-state index contributed by atoms with van der Waals surface area (Å²) in [6.07, 6.45) is 0.187. The summed E-state index contributed by atoms with van der Waals surface area (Å²) in [5, 5.41) is 9.77. The smallest absolute Gasteiger partial charge is 0.241 e. The highest BCUT2D eigenvalue weighted by Crippen LogP contribution is 2.26. The molecule has 0 aliphatic heterocycles. The number of hydrogen-bond donors (Lipinski definition) is 0. The highest BCUT2D eigenvalue weighted by molar-refractivity contribution is 6.42. The Morgan fingerprint density at radius 2 is 1.88 bits per heavy atom. The highest BCUT2D eigenvalue weighted by Gasteiger charge is 2.18. The molecule has 2 aromatic rings.